The second-order valence-corrected chi connectivity index (χ2v) is 13.1. The molecule has 0 aromatic rings. The van der Waals surface area contributed by atoms with E-state index in [0.29, 0.717) is 61.5 Å². The summed E-state index contributed by atoms with van der Waals surface area (Å²) in [6.45, 7) is 10.3. The van der Waals surface area contributed by atoms with Gasteiger partial charge in [-0.15, -0.1) is 0 Å². The van der Waals surface area contributed by atoms with Crippen LogP contribution in [0.5, 0.6) is 0 Å². The van der Waals surface area contributed by atoms with Crippen molar-refractivity contribution in [2.24, 2.45) is 34.5 Å². The SMILES string of the molecule is CC(C)(C)OC(=O)NCCCC(=O)N[C@H]1CC[C@@]2(C)C(C1)C(=O)C[C@@H]1[C@@H]2CC[C@]2(C)C(=O)CC[C@@H]12. The van der Waals surface area contributed by atoms with Crippen LogP contribution in [0, 0.1) is 34.5 Å². The van der Waals surface area contributed by atoms with Gasteiger partial charge in [-0.05, 0) is 88.9 Å². The maximum Gasteiger partial charge on any atom is 0.407 e. The lowest BCUT2D eigenvalue weighted by Crippen LogP contribution is -2.58. The molecule has 0 heterocycles. The average molecular weight is 489 g/mol. The van der Waals surface area contributed by atoms with Crippen molar-refractivity contribution in [2.45, 2.75) is 110 Å². The number of nitrogens with one attached hydrogen (secondary N) is 2. The normalized spacial score (nSPS) is 38.7. The van der Waals surface area contributed by atoms with Gasteiger partial charge in [-0.1, -0.05) is 13.8 Å². The van der Waals surface area contributed by atoms with Crippen molar-refractivity contribution in [2.75, 3.05) is 6.54 Å². The third kappa shape index (κ3) is 5.15. The first-order chi connectivity index (χ1) is 16.3. The highest BCUT2D eigenvalue weighted by molar-refractivity contribution is 5.88. The first kappa shape index (κ1) is 26.2. The standard InChI is InChI=1S/C28H44N2O5/c1-26(2,3)35-25(34)29-14-6-7-24(33)30-17-10-12-27(4)20-11-13-28(5)19(8-9-23(28)32)18(20)16-22(31)21(27)15-17/h17-21H,6-16H2,1-5H3,(H,29,34)(H,30,33)/t17-,18-,19-,20-,21?,27+,28-/m0/s1. The number of Topliss-reactive ketones (excluding diaryl/α,β-unsaturated/α-hetero) is 2. The van der Waals surface area contributed by atoms with E-state index in [1.54, 1.807) is 0 Å². The Morgan fingerprint density at radius 3 is 2.51 bits per heavy atom. The molecule has 2 N–H and O–H groups in total. The number of alkyl carbamates (subject to hydrolysis) is 1. The lowest BCUT2D eigenvalue weighted by molar-refractivity contribution is -0.157. The van der Waals surface area contributed by atoms with Crippen LogP contribution >= 0.6 is 0 Å². The minimum atomic E-state index is -0.542. The Kier molecular flexibility index (Phi) is 7.11. The Labute approximate surface area is 209 Å². The number of carbonyl (C=O) groups excluding carboxylic acids is 4. The zero-order chi connectivity index (χ0) is 25.6. The van der Waals surface area contributed by atoms with E-state index in [4.69, 9.17) is 4.74 Å². The topological polar surface area (TPSA) is 102 Å². The van der Waals surface area contributed by atoms with Crippen molar-refractivity contribution in [3.05, 3.63) is 0 Å². The zero-order valence-electron chi connectivity index (χ0n) is 22.2. The molecule has 0 spiro atoms. The predicted octanol–water partition coefficient (Wildman–Crippen LogP) is 4.57. The fourth-order valence-electron chi connectivity index (χ4n) is 8.00. The van der Waals surface area contributed by atoms with Gasteiger partial charge in [-0.2, -0.15) is 0 Å². The van der Waals surface area contributed by atoms with Crippen LogP contribution in [0.15, 0.2) is 0 Å². The molecule has 35 heavy (non-hydrogen) atoms. The Balaban J connectivity index is 1.28. The maximum atomic E-state index is 13.4. The van der Waals surface area contributed by atoms with Crippen LogP contribution in [0.3, 0.4) is 0 Å². The van der Waals surface area contributed by atoms with Gasteiger partial charge >= 0.3 is 6.09 Å². The van der Waals surface area contributed by atoms with Crippen molar-refractivity contribution >= 4 is 23.6 Å². The summed E-state index contributed by atoms with van der Waals surface area (Å²) in [6.07, 6.45) is 7.23. The van der Waals surface area contributed by atoms with Crippen LogP contribution < -0.4 is 10.6 Å². The fourth-order valence-corrected chi connectivity index (χ4v) is 8.00. The van der Waals surface area contributed by atoms with Gasteiger partial charge in [0.15, 0.2) is 0 Å². The summed E-state index contributed by atoms with van der Waals surface area (Å²) >= 11 is 0. The second-order valence-electron chi connectivity index (χ2n) is 13.1. The fraction of sp³-hybridized carbons (Fsp3) is 0.857. The molecule has 0 aromatic heterocycles. The lowest BCUT2D eigenvalue weighted by Gasteiger charge is -2.59. The molecule has 0 radical (unpaired) electrons. The maximum absolute atomic E-state index is 13.4. The van der Waals surface area contributed by atoms with Gasteiger partial charge in [-0.25, -0.2) is 4.79 Å². The van der Waals surface area contributed by atoms with Crippen LogP contribution in [0.2, 0.25) is 0 Å². The number of fused-ring (bicyclic) bond motifs is 5. The van der Waals surface area contributed by atoms with E-state index in [2.05, 4.69) is 24.5 Å². The molecule has 7 heteroatoms. The van der Waals surface area contributed by atoms with Gasteiger partial charge < -0.3 is 15.4 Å². The van der Waals surface area contributed by atoms with E-state index in [1.807, 2.05) is 20.8 Å². The van der Waals surface area contributed by atoms with Gasteiger partial charge in [0, 0.05) is 43.2 Å². The number of amides is 2. The summed E-state index contributed by atoms with van der Waals surface area (Å²) in [5.74, 6) is 1.94. The number of hydrogen-bond donors (Lipinski definition) is 2. The summed E-state index contributed by atoms with van der Waals surface area (Å²) in [4.78, 5) is 50.3. The molecule has 0 aliphatic heterocycles. The van der Waals surface area contributed by atoms with Crippen LogP contribution in [0.4, 0.5) is 4.79 Å². The third-order valence-corrected chi connectivity index (χ3v) is 9.78. The van der Waals surface area contributed by atoms with Gasteiger partial charge in [0.2, 0.25) is 5.91 Å². The molecule has 4 aliphatic carbocycles. The van der Waals surface area contributed by atoms with E-state index in [9.17, 15) is 19.2 Å². The Hall–Kier alpha value is -1.92. The highest BCUT2D eigenvalue weighted by Crippen LogP contribution is 2.64. The number of ether oxygens (including phenoxy) is 1. The quantitative estimate of drug-likeness (QED) is 0.552. The van der Waals surface area contributed by atoms with Crippen LogP contribution in [0.25, 0.3) is 0 Å². The highest BCUT2D eigenvalue weighted by Gasteiger charge is 2.62. The molecule has 0 bridgehead atoms. The summed E-state index contributed by atoms with van der Waals surface area (Å²) in [7, 11) is 0. The van der Waals surface area contributed by atoms with Crippen LogP contribution in [-0.4, -0.2) is 41.8 Å². The third-order valence-electron chi connectivity index (χ3n) is 9.78. The average Bonchev–Trinajstić information content (AvgIpc) is 3.06. The molecule has 7 nitrogen and oxygen atoms in total. The highest BCUT2D eigenvalue weighted by atomic mass is 16.6. The number of hydrogen-bond acceptors (Lipinski definition) is 5. The largest absolute Gasteiger partial charge is 0.444 e. The molecule has 7 atom stereocenters. The monoisotopic (exact) mass is 488 g/mol. The second kappa shape index (κ2) is 9.51. The van der Waals surface area contributed by atoms with Crippen molar-refractivity contribution < 1.29 is 23.9 Å². The van der Waals surface area contributed by atoms with Gasteiger partial charge in [-0.3, -0.25) is 14.4 Å². The van der Waals surface area contributed by atoms with Gasteiger partial charge in [0.25, 0.3) is 0 Å². The van der Waals surface area contributed by atoms with Crippen LogP contribution in [-0.2, 0) is 19.1 Å². The van der Waals surface area contributed by atoms with Crippen molar-refractivity contribution in [1.82, 2.24) is 10.6 Å². The van der Waals surface area contributed by atoms with E-state index in [-0.39, 0.29) is 28.7 Å². The van der Waals surface area contributed by atoms with Crippen molar-refractivity contribution in [1.29, 1.82) is 0 Å². The molecule has 196 valence electrons. The molecule has 4 rings (SSSR count). The van der Waals surface area contributed by atoms with Crippen molar-refractivity contribution in [3.63, 3.8) is 0 Å². The molecular formula is C28H44N2O5. The molecule has 1 unspecified atom stereocenters. The van der Waals surface area contributed by atoms with E-state index in [1.165, 1.54) is 0 Å². The van der Waals surface area contributed by atoms with E-state index < -0.39 is 11.7 Å². The molecule has 2 amide bonds. The molecule has 0 saturated heterocycles. The summed E-state index contributed by atoms with van der Waals surface area (Å²) in [5.41, 5.74) is -0.779. The zero-order valence-corrected chi connectivity index (χ0v) is 22.2. The Bertz CT molecular complexity index is 879. The minimum absolute atomic E-state index is 0.00176. The number of carbonyl (C=O) groups is 4. The molecule has 4 saturated carbocycles. The van der Waals surface area contributed by atoms with E-state index in [0.717, 1.165) is 38.5 Å². The minimum Gasteiger partial charge on any atom is -0.444 e. The smallest absolute Gasteiger partial charge is 0.407 e. The molecule has 0 aromatic carbocycles. The summed E-state index contributed by atoms with van der Waals surface area (Å²) in [6, 6.07) is 0.0294. The number of ketones is 2. The first-order valence-corrected chi connectivity index (χ1v) is 13.7. The van der Waals surface area contributed by atoms with Crippen LogP contribution in [0.1, 0.15) is 98.8 Å². The predicted molar refractivity (Wildman–Crippen MR) is 133 cm³/mol. The van der Waals surface area contributed by atoms with Crippen molar-refractivity contribution in [3.8, 4) is 0 Å². The first-order valence-electron chi connectivity index (χ1n) is 13.7. The Morgan fingerprint density at radius 1 is 1.06 bits per heavy atom. The molecule has 4 aliphatic rings. The molecule has 4 fully saturated rings. The van der Waals surface area contributed by atoms with Gasteiger partial charge in [0.05, 0.1) is 0 Å². The molecular weight excluding hydrogens is 444 g/mol. The van der Waals surface area contributed by atoms with Gasteiger partial charge in [0.1, 0.15) is 17.2 Å². The lowest BCUT2D eigenvalue weighted by atomic mass is 9.45. The summed E-state index contributed by atoms with van der Waals surface area (Å²) in [5, 5.41) is 5.84. The number of rotatable bonds is 5. The Morgan fingerprint density at radius 2 is 1.80 bits per heavy atom. The van der Waals surface area contributed by atoms with E-state index >= 15 is 0 Å². The summed E-state index contributed by atoms with van der Waals surface area (Å²) < 4.78 is 5.21.